The monoisotopic (exact) mass is 198 g/mol. The summed E-state index contributed by atoms with van der Waals surface area (Å²) in [5.74, 6) is 0.774. The van der Waals surface area contributed by atoms with Crippen LogP contribution in [-0.4, -0.2) is 18.6 Å². The lowest BCUT2D eigenvalue weighted by Gasteiger charge is -2.27. The van der Waals surface area contributed by atoms with Crippen LogP contribution in [0.2, 0.25) is 0 Å². The van der Waals surface area contributed by atoms with E-state index in [4.69, 9.17) is 5.73 Å². The Kier molecular flexibility index (Phi) is 4.90. The first-order chi connectivity index (χ1) is 6.66. The molecule has 1 fully saturated rings. The maximum absolute atomic E-state index is 5.50. The zero-order chi connectivity index (χ0) is 10.4. The van der Waals surface area contributed by atoms with Gasteiger partial charge in [0.25, 0.3) is 0 Å². The summed E-state index contributed by atoms with van der Waals surface area (Å²) in [4.78, 5) is 0. The minimum absolute atomic E-state index is 0.441. The van der Waals surface area contributed by atoms with Crippen molar-refractivity contribution in [2.75, 3.05) is 13.1 Å². The fraction of sp³-hybridized carbons (Fsp3) is 1.00. The second kappa shape index (κ2) is 5.72. The van der Waals surface area contributed by atoms with Gasteiger partial charge in [0.15, 0.2) is 0 Å². The van der Waals surface area contributed by atoms with Gasteiger partial charge >= 0.3 is 0 Å². The molecular weight excluding hydrogens is 172 g/mol. The largest absolute Gasteiger partial charge is 0.330 e. The van der Waals surface area contributed by atoms with E-state index in [2.05, 4.69) is 19.2 Å². The average Bonchev–Trinajstić information content (AvgIpc) is 2.60. The van der Waals surface area contributed by atoms with Crippen molar-refractivity contribution in [1.82, 2.24) is 5.32 Å². The van der Waals surface area contributed by atoms with Gasteiger partial charge in [0.2, 0.25) is 0 Å². The summed E-state index contributed by atoms with van der Waals surface area (Å²) in [5, 5.41) is 3.73. The molecule has 0 aliphatic heterocycles. The van der Waals surface area contributed by atoms with Crippen LogP contribution in [-0.2, 0) is 0 Å². The molecule has 0 aromatic rings. The molecule has 1 unspecified atom stereocenters. The Hall–Kier alpha value is -0.0800. The van der Waals surface area contributed by atoms with Gasteiger partial charge in [-0.3, -0.25) is 0 Å². The fourth-order valence-electron chi connectivity index (χ4n) is 2.32. The van der Waals surface area contributed by atoms with Gasteiger partial charge in [-0.15, -0.1) is 0 Å². The highest BCUT2D eigenvalue weighted by Crippen LogP contribution is 2.28. The standard InChI is InChI=1S/C12H26N2/c1-11(6-5-9-13)10-14-12(2)7-3-4-8-12/h11,14H,3-10,13H2,1-2H3. The van der Waals surface area contributed by atoms with Crippen molar-refractivity contribution in [3.63, 3.8) is 0 Å². The number of nitrogens with one attached hydrogen (secondary N) is 1. The molecule has 0 bridgehead atoms. The Morgan fingerprint density at radius 1 is 1.36 bits per heavy atom. The Balaban J connectivity index is 2.12. The number of hydrogen-bond acceptors (Lipinski definition) is 2. The second-order valence-corrected chi connectivity index (χ2v) is 5.18. The van der Waals surface area contributed by atoms with Crippen molar-refractivity contribution in [1.29, 1.82) is 0 Å². The minimum Gasteiger partial charge on any atom is -0.330 e. The molecule has 2 nitrogen and oxygen atoms in total. The molecule has 0 heterocycles. The molecule has 0 amide bonds. The van der Waals surface area contributed by atoms with E-state index in [-0.39, 0.29) is 0 Å². The zero-order valence-electron chi connectivity index (χ0n) is 9.81. The van der Waals surface area contributed by atoms with Crippen LogP contribution >= 0.6 is 0 Å². The van der Waals surface area contributed by atoms with E-state index in [0.717, 1.165) is 19.0 Å². The van der Waals surface area contributed by atoms with Crippen LogP contribution in [0.15, 0.2) is 0 Å². The molecule has 2 heteroatoms. The summed E-state index contributed by atoms with van der Waals surface area (Å²) < 4.78 is 0. The number of nitrogens with two attached hydrogens (primary N) is 1. The van der Waals surface area contributed by atoms with Crippen LogP contribution in [0.5, 0.6) is 0 Å². The highest BCUT2D eigenvalue weighted by Gasteiger charge is 2.27. The van der Waals surface area contributed by atoms with Crippen LogP contribution in [0.3, 0.4) is 0 Å². The van der Waals surface area contributed by atoms with Gasteiger partial charge in [-0.25, -0.2) is 0 Å². The van der Waals surface area contributed by atoms with E-state index < -0.39 is 0 Å². The molecule has 1 atom stereocenters. The third kappa shape index (κ3) is 3.97. The molecule has 1 rings (SSSR count). The van der Waals surface area contributed by atoms with Crippen LogP contribution in [0, 0.1) is 5.92 Å². The summed E-state index contributed by atoms with van der Waals surface area (Å²) in [5.41, 5.74) is 5.94. The van der Waals surface area contributed by atoms with Crippen molar-refractivity contribution in [3.8, 4) is 0 Å². The fourth-order valence-corrected chi connectivity index (χ4v) is 2.32. The SMILES string of the molecule is CC(CCCN)CNC1(C)CCCC1. The molecule has 1 aliphatic rings. The average molecular weight is 198 g/mol. The van der Waals surface area contributed by atoms with E-state index in [1.165, 1.54) is 38.5 Å². The van der Waals surface area contributed by atoms with Crippen molar-refractivity contribution in [2.24, 2.45) is 11.7 Å². The van der Waals surface area contributed by atoms with Gasteiger partial charge in [0.1, 0.15) is 0 Å². The second-order valence-electron chi connectivity index (χ2n) is 5.18. The third-order valence-corrected chi connectivity index (χ3v) is 3.49. The zero-order valence-corrected chi connectivity index (χ0v) is 9.81. The lowest BCUT2D eigenvalue weighted by molar-refractivity contribution is 0.328. The molecular formula is C12H26N2. The summed E-state index contributed by atoms with van der Waals surface area (Å²) in [6.45, 7) is 6.69. The maximum atomic E-state index is 5.50. The van der Waals surface area contributed by atoms with Gasteiger partial charge in [-0.2, -0.15) is 0 Å². The molecule has 0 aromatic heterocycles. The van der Waals surface area contributed by atoms with E-state index in [0.29, 0.717) is 5.54 Å². The van der Waals surface area contributed by atoms with Gasteiger partial charge in [-0.05, 0) is 51.6 Å². The quantitative estimate of drug-likeness (QED) is 0.687. The van der Waals surface area contributed by atoms with E-state index in [9.17, 15) is 0 Å². The predicted octanol–water partition coefficient (Wildman–Crippen LogP) is 2.28. The molecule has 0 saturated heterocycles. The molecule has 1 saturated carbocycles. The Labute approximate surface area is 88.6 Å². The highest BCUT2D eigenvalue weighted by molar-refractivity contribution is 4.88. The first-order valence-corrected chi connectivity index (χ1v) is 6.11. The summed E-state index contributed by atoms with van der Waals surface area (Å²) in [7, 11) is 0. The lowest BCUT2D eigenvalue weighted by Crippen LogP contribution is -2.41. The van der Waals surface area contributed by atoms with E-state index in [1.54, 1.807) is 0 Å². The first-order valence-electron chi connectivity index (χ1n) is 6.11. The topological polar surface area (TPSA) is 38.0 Å². The van der Waals surface area contributed by atoms with Gasteiger partial charge < -0.3 is 11.1 Å². The molecule has 3 N–H and O–H groups in total. The summed E-state index contributed by atoms with van der Waals surface area (Å²) in [6.07, 6.45) is 7.95. The molecule has 1 aliphatic carbocycles. The van der Waals surface area contributed by atoms with Gasteiger partial charge in [0, 0.05) is 5.54 Å². The van der Waals surface area contributed by atoms with Gasteiger partial charge in [-0.1, -0.05) is 19.8 Å². The van der Waals surface area contributed by atoms with Gasteiger partial charge in [0.05, 0.1) is 0 Å². The van der Waals surface area contributed by atoms with Crippen LogP contribution in [0.25, 0.3) is 0 Å². The van der Waals surface area contributed by atoms with Crippen molar-refractivity contribution in [3.05, 3.63) is 0 Å². The van der Waals surface area contributed by atoms with Crippen molar-refractivity contribution < 1.29 is 0 Å². The predicted molar refractivity (Wildman–Crippen MR) is 62.3 cm³/mol. The molecule has 0 aromatic carbocycles. The smallest absolute Gasteiger partial charge is 0.0153 e. The lowest BCUT2D eigenvalue weighted by atomic mass is 9.98. The normalized spacial score (nSPS) is 22.5. The molecule has 84 valence electrons. The van der Waals surface area contributed by atoms with E-state index in [1.807, 2.05) is 0 Å². The van der Waals surface area contributed by atoms with E-state index >= 15 is 0 Å². The Bertz CT molecular complexity index is 150. The Morgan fingerprint density at radius 3 is 2.57 bits per heavy atom. The number of rotatable bonds is 6. The Morgan fingerprint density at radius 2 is 2.00 bits per heavy atom. The summed E-state index contributed by atoms with van der Waals surface area (Å²) >= 11 is 0. The number of hydrogen-bond donors (Lipinski definition) is 2. The van der Waals surface area contributed by atoms with Crippen molar-refractivity contribution in [2.45, 2.75) is 57.9 Å². The molecule has 14 heavy (non-hydrogen) atoms. The van der Waals surface area contributed by atoms with Crippen LogP contribution in [0.4, 0.5) is 0 Å². The minimum atomic E-state index is 0.441. The first kappa shape index (κ1) is 12.0. The molecule has 0 radical (unpaired) electrons. The maximum Gasteiger partial charge on any atom is 0.0153 e. The highest BCUT2D eigenvalue weighted by atomic mass is 15.0. The third-order valence-electron chi connectivity index (χ3n) is 3.49. The summed E-state index contributed by atoms with van der Waals surface area (Å²) in [6, 6.07) is 0. The van der Waals surface area contributed by atoms with Crippen LogP contribution in [0.1, 0.15) is 52.4 Å². The molecule has 0 spiro atoms. The van der Waals surface area contributed by atoms with Crippen LogP contribution < -0.4 is 11.1 Å². The van der Waals surface area contributed by atoms with Crippen molar-refractivity contribution >= 4 is 0 Å².